The fraction of sp³-hybridized carbons (Fsp3) is 0.857. The van der Waals surface area contributed by atoms with Gasteiger partial charge >= 0.3 is 0 Å². The van der Waals surface area contributed by atoms with Gasteiger partial charge in [0.05, 0.1) is 0 Å². The van der Waals surface area contributed by atoms with E-state index in [-0.39, 0.29) is 29.8 Å². The third-order valence-electron chi connectivity index (χ3n) is 4.44. The van der Waals surface area contributed by atoms with Gasteiger partial charge < -0.3 is 10.2 Å². The first kappa shape index (κ1) is 13.4. The normalized spacial score (nSPS) is 27.8. The average Bonchev–Trinajstić information content (AvgIpc) is 2.36. The van der Waals surface area contributed by atoms with Crippen molar-refractivity contribution in [3.63, 3.8) is 0 Å². The minimum absolute atomic E-state index is 0.00496. The van der Waals surface area contributed by atoms with Gasteiger partial charge in [-0.25, -0.2) is 0 Å². The lowest BCUT2D eigenvalue weighted by atomic mass is 9.79. The Labute approximate surface area is 109 Å². The quantitative estimate of drug-likeness (QED) is 0.828. The van der Waals surface area contributed by atoms with Gasteiger partial charge in [0.25, 0.3) is 0 Å². The molecule has 0 aromatic heterocycles. The summed E-state index contributed by atoms with van der Waals surface area (Å²) in [5, 5.41) is 2.86. The van der Waals surface area contributed by atoms with E-state index in [4.69, 9.17) is 0 Å². The fourth-order valence-corrected chi connectivity index (χ4v) is 2.85. The molecule has 0 bridgehead atoms. The molecule has 1 aliphatic carbocycles. The summed E-state index contributed by atoms with van der Waals surface area (Å²) in [7, 11) is 0. The van der Waals surface area contributed by atoms with E-state index in [1.807, 2.05) is 18.7 Å². The zero-order valence-corrected chi connectivity index (χ0v) is 11.6. The van der Waals surface area contributed by atoms with E-state index in [1.165, 1.54) is 19.3 Å². The van der Waals surface area contributed by atoms with Crippen LogP contribution in [0.4, 0.5) is 0 Å². The van der Waals surface area contributed by atoms with Crippen molar-refractivity contribution in [2.24, 2.45) is 11.8 Å². The average molecular weight is 252 g/mol. The molecule has 0 aromatic carbocycles. The van der Waals surface area contributed by atoms with Crippen LogP contribution in [-0.2, 0) is 9.59 Å². The largest absolute Gasteiger partial charge is 0.344 e. The predicted molar refractivity (Wildman–Crippen MR) is 69.9 cm³/mol. The molecule has 18 heavy (non-hydrogen) atoms. The van der Waals surface area contributed by atoms with Crippen molar-refractivity contribution >= 4 is 11.8 Å². The topological polar surface area (TPSA) is 49.4 Å². The van der Waals surface area contributed by atoms with Crippen LogP contribution >= 0.6 is 0 Å². The number of carbonyl (C=O) groups is 2. The number of hydrogen-bond donors (Lipinski definition) is 1. The number of hydrogen-bond acceptors (Lipinski definition) is 2. The smallest absolute Gasteiger partial charge is 0.245 e. The highest BCUT2D eigenvalue weighted by Gasteiger charge is 2.37. The number of nitrogens with zero attached hydrogens (tertiary/aromatic N) is 1. The molecule has 4 heteroatoms. The molecular weight excluding hydrogens is 228 g/mol. The van der Waals surface area contributed by atoms with Gasteiger partial charge in [-0.05, 0) is 31.6 Å². The molecule has 2 unspecified atom stereocenters. The van der Waals surface area contributed by atoms with E-state index < -0.39 is 0 Å². The second-order valence-electron chi connectivity index (χ2n) is 6.00. The van der Waals surface area contributed by atoms with Gasteiger partial charge in [-0.2, -0.15) is 0 Å². The number of amides is 2. The molecule has 1 N–H and O–H groups in total. The highest BCUT2D eigenvalue weighted by atomic mass is 16.2. The Balaban J connectivity index is 2.12. The molecular formula is C14H24N2O2. The predicted octanol–water partition coefficient (Wildman–Crippen LogP) is 1.55. The van der Waals surface area contributed by atoms with Crippen molar-refractivity contribution in [1.82, 2.24) is 10.2 Å². The summed E-state index contributed by atoms with van der Waals surface area (Å²) in [6.07, 6.45) is 4.16. The van der Waals surface area contributed by atoms with Crippen LogP contribution in [-0.4, -0.2) is 35.3 Å². The highest BCUT2D eigenvalue weighted by molar-refractivity contribution is 5.90. The summed E-state index contributed by atoms with van der Waals surface area (Å²) in [6, 6.07) is -0.0669. The minimum Gasteiger partial charge on any atom is -0.344 e. The molecule has 1 saturated heterocycles. The van der Waals surface area contributed by atoms with E-state index in [9.17, 15) is 9.59 Å². The van der Waals surface area contributed by atoms with E-state index in [2.05, 4.69) is 12.2 Å². The lowest BCUT2D eigenvalue weighted by Crippen LogP contribution is -2.52. The SMILES string of the molecule is CC(C)C1NC(=O)CCN(C(C)C2CCC2)C1=O. The summed E-state index contributed by atoms with van der Waals surface area (Å²) in [4.78, 5) is 26.1. The lowest BCUT2D eigenvalue weighted by Gasteiger charge is -2.39. The molecule has 2 amide bonds. The van der Waals surface area contributed by atoms with Crippen LogP contribution in [0.15, 0.2) is 0 Å². The van der Waals surface area contributed by atoms with Crippen molar-refractivity contribution < 1.29 is 9.59 Å². The van der Waals surface area contributed by atoms with Crippen LogP contribution in [0.3, 0.4) is 0 Å². The second kappa shape index (κ2) is 5.29. The Morgan fingerprint density at radius 3 is 2.39 bits per heavy atom. The summed E-state index contributed by atoms with van der Waals surface area (Å²) in [5.74, 6) is 0.895. The molecule has 0 radical (unpaired) electrons. The highest BCUT2D eigenvalue weighted by Crippen LogP contribution is 2.32. The molecule has 2 atom stereocenters. The molecule has 2 fully saturated rings. The first-order valence-electron chi connectivity index (χ1n) is 7.10. The van der Waals surface area contributed by atoms with Gasteiger partial charge in [-0.15, -0.1) is 0 Å². The molecule has 102 valence electrons. The van der Waals surface area contributed by atoms with Crippen molar-refractivity contribution in [2.75, 3.05) is 6.54 Å². The molecule has 4 nitrogen and oxygen atoms in total. The molecule has 1 heterocycles. The first-order chi connectivity index (χ1) is 8.50. The fourth-order valence-electron chi connectivity index (χ4n) is 2.85. The Morgan fingerprint density at radius 2 is 1.89 bits per heavy atom. The van der Waals surface area contributed by atoms with Crippen LogP contribution in [0.2, 0.25) is 0 Å². The summed E-state index contributed by atoms with van der Waals surface area (Å²) in [6.45, 7) is 6.68. The monoisotopic (exact) mass is 252 g/mol. The van der Waals surface area contributed by atoms with Crippen LogP contribution in [0.5, 0.6) is 0 Å². The maximum atomic E-state index is 12.5. The van der Waals surface area contributed by atoms with Crippen molar-refractivity contribution in [3.05, 3.63) is 0 Å². The third-order valence-corrected chi connectivity index (χ3v) is 4.44. The summed E-state index contributed by atoms with van der Waals surface area (Å²) >= 11 is 0. The minimum atomic E-state index is -0.345. The van der Waals surface area contributed by atoms with Gasteiger partial charge in [-0.1, -0.05) is 20.3 Å². The van der Waals surface area contributed by atoms with Crippen LogP contribution < -0.4 is 5.32 Å². The van der Waals surface area contributed by atoms with Gasteiger partial charge in [-0.3, -0.25) is 9.59 Å². The third kappa shape index (κ3) is 2.52. The molecule has 0 spiro atoms. The Bertz CT molecular complexity index is 337. The standard InChI is InChI=1S/C14H24N2O2/c1-9(2)13-14(18)16(8-7-12(17)15-13)10(3)11-5-4-6-11/h9-11,13H,4-8H2,1-3H3,(H,15,17). The summed E-state index contributed by atoms with van der Waals surface area (Å²) in [5.41, 5.74) is 0. The van der Waals surface area contributed by atoms with Gasteiger partial charge in [0, 0.05) is 19.0 Å². The number of rotatable bonds is 3. The van der Waals surface area contributed by atoms with Crippen LogP contribution in [0.1, 0.15) is 46.5 Å². The molecule has 0 aromatic rings. The van der Waals surface area contributed by atoms with Crippen molar-refractivity contribution in [1.29, 1.82) is 0 Å². The van der Waals surface area contributed by atoms with E-state index in [0.29, 0.717) is 18.9 Å². The van der Waals surface area contributed by atoms with E-state index in [0.717, 1.165) is 0 Å². The zero-order valence-electron chi connectivity index (χ0n) is 11.6. The molecule has 2 rings (SSSR count). The van der Waals surface area contributed by atoms with Crippen molar-refractivity contribution in [2.45, 2.75) is 58.5 Å². The first-order valence-corrected chi connectivity index (χ1v) is 7.10. The van der Waals surface area contributed by atoms with Gasteiger partial charge in [0.1, 0.15) is 6.04 Å². The number of nitrogens with one attached hydrogen (secondary N) is 1. The lowest BCUT2D eigenvalue weighted by molar-refractivity contribution is -0.138. The Hall–Kier alpha value is -1.06. The second-order valence-corrected chi connectivity index (χ2v) is 6.00. The number of carbonyl (C=O) groups excluding carboxylic acids is 2. The summed E-state index contributed by atoms with van der Waals surface area (Å²) < 4.78 is 0. The zero-order chi connectivity index (χ0) is 13.3. The van der Waals surface area contributed by atoms with E-state index in [1.54, 1.807) is 0 Å². The van der Waals surface area contributed by atoms with E-state index >= 15 is 0 Å². The molecule has 1 aliphatic heterocycles. The molecule has 2 aliphatic rings. The van der Waals surface area contributed by atoms with Gasteiger partial charge in [0.2, 0.25) is 11.8 Å². The van der Waals surface area contributed by atoms with Crippen molar-refractivity contribution in [3.8, 4) is 0 Å². The maximum absolute atomic E-state index is 12.5. The maximum Gasteiger partial charge on any atom is 0.245 e. The molecule has 1 saturated carbocycles. The Kier molecular flexibility index (Phi) is 3.93. The van der Waals surface area contributed by atoms with Crippen LogP contribution in [0, 0.1) is 11.8 Å². The van der Waals surface area contributed by atoms with Gasteiger partial charge in [0.15, 0.2) is 0 Å². The van der Waals surface area contributed by atoms with Crippen LogP contribution in [0.25, 0.3) is 0 Å². The Morgan fingerprint density at radius 1 is 1.22 bits per heavy atom.